The third-order valence-electron chi connectivity index (χ3n) is 10.9. The molecule has 1 saturated carbocycles. The second kappa shape index (κ2) is 12.5. The molecule has 9 nitrogen and oxygen atoms in total. The lowest BCUT2D eigenvalue weighted by Gasteiger charge is -2.50. The van der Waals surface area contributed by atoms with Gasteiger partial charge >= 0.3 is 0 Å². The summed E-state index contributed by atoms with van der Waals surface area (Å²) in [5, 5.41) is 14.7. The highest BCUT2D eigenvalue weighted by Gasteiger charge is 2.70. The van der Waals surface area contributed by atoms with Gasteiger partial charge in [0.1, 0.15) is 5.75 Å². The highest BCUT2D eigenvalue weighted by Crippen LogP contribution is 2.65. The van der Waals surface area contributed by atoms with E-state index in [9.17, 15) is 19.5 Å². The summed E-state index contributed by atoms with van der Waals surface area (Å²) in [5.41, 5.74) is 2.55. The fourth-order valence-corrected chi connectivity index (χ4v) is 9.88. The predicted octanol–water partition coefficient (Wildman–Crippen LogP) is 7.09. The van der Waals surface area contributed by atoms with Crippen LogP contribution < -0.4 is 10.2 Å². The summed E-state index contributed by atoms with van der Waals surface area (Å²) in [6.45, 7) is 0.134. The number of benzene rings is 3. The summed E-state index contributed by atoms with van der Waals surface area (Å²) in [6, 6.07) is 19.1. The molecule has 4 aliphatic rings. The maximum absolute atomic E-state index is 15.3. The number of carbonyl (C=O) groups is 4. The summed E-state index contributed by atoms with van der Waals surface area (Å²) in [5.74, 6) is -7.35. The normalized spacial score (nSPS) is 26.9. The van der Waals surface area contributed by atoms with E-state index >= 15 is 9.18 Å². The van der Waals surface area contributed by atoms with Crippen molar-refractivity contribution >= 4 is 63.9 Å². The highest BCUT2D eigenvalue weighted by atomic mass is 35.5. The number of para-hydroxylation sites is 1. The van der Waals surface area contributed by atoms with E-state index in [1.165, 1.54) is 41.5 Å². The van der Waals surface area contributed by atoms with E-state index < -0.39 is 58.4 Å². The Morgan fingerprint density at radius 3 is 2.47 bits per heavy atom. The SMILES string of the molecule is COc1ccc([C@@]23C(=O)N(Nc4ccc(Cl)cc4Cl)C(=O)[C@@H]2C[C@@H]2C(=CC[C@@H]4C(=O)N(Cc5cccs5)C(=O)[C@@H]42)[C@@H]3c2cccc(F)c2O)cc1. The molecule has 1 aromatic heterocycles. The molecule has 2 aliphatic carbocycles. The van der Waals surface area contributed by atoms with Crippen LogP contribution in [0.4, 0.5) is 10.1 Å². The number of phenols is 1. The van der Waals surface area contributed by atoms with Crippen molar-refractivity contribution in [1.82, 2.24) is 9.91 Å². The van der Waals surface area contributed by atoms with Gasteiger partial charge in [0.2, 0.25) is 11.8 Å². The van der Waals surface area contributed by atoms with Crippen molar-refractivity contribution in [1.29, 1.82) is 0 Å². The largest absolute Gasteiger partial charge is 0.505 e. The summed E-state index contributed by atoms with van der Waals surface area (Å²) >= 11 is 14.1. The minimum atomic E-state index is -1.72. The molecule has 0 bridgehead atoms. The van der Waals surface area contributed by atoms with E-state index in [0.29, 0.717) is 21.9 Å². The van der Waals surface area contributed by atoms with Crippen LogP contribution in [0.1, 0.15) is 34.8 Å². The molecule has 3 fully saturated rings. The minimum absolute atomic E-state index is 0.0363. The van der Waals surface area contributed by atoms with E-state index in [1.54, 1.807) is 36.4 Å². The topological polar surface area (TPSA) is 116 Å². The zero-order valence-electron chi connectivity index (χ0n) is 27.0. The number of hydrazine groups is 1. The number of thiophene rings is 1. The quantitative estimate of drug-likeness (QED) is 0.153. The van der Waals surface area contributed by atoms with Gasteiger partial charge in [-0.2, -0.15) is 5.01 Å². The first kappa shape index (κ1) is 33.4. The Labute approximate surface area is 306 Å². The zero-order chi connectivity index (χ0) is 35.8. The van der Waals surface area contributed by atoms with E-state index in [4.69, 9.17) is 27.9 Å². The van der Waals surface area contributed by atoms with Crippen LogP contribution in [0.3, 0.4) is 0 Å². The number of nitrogens with zero attached hydrogens (tertiary/aromatic N) is 2. The lowest BCUT2D eigenvalue weighted by Crippen LogP contribution is -2.53. The number of likely N-dealkylation sites (tertiary alicyclic amines) is 1. The van der Waals surface area contributed by atoms with E-state index in [1.807, 2.05) is 23.6 Å². The Balaban J connectivity index is 1.33. The van der Waals surface area contributed by atoms with Gasteiger partial charge in [0, 0.05) is 21.4 Å². The number of carbonyl (C=O) groups excluding carboxylic acids is 4. The van der Waals surface area contributed by atoms with Gasteiger partial charge in [0.25, 0.3) is 11.8 Å². The van der Waals surface area contributed by atoms with Crippen LogP contribution in [-0.2, 0) is 31.1 Å². The number of phenolic OH excluding ortho intramolecular Hbond substituents is 1. The first-order chi connectivity index (χ1) is 24.6. The fraction of sp³-hybridized carbons (Fsp3) is 0.263. The smallest absolute Gasteiger partial charge is 0.260 e. The molecule has 2 aliphatic heterocycles. The average molecular weight is 747 g/mol. The molecule has 6 atom stereocenters. The van der Waals surface area contributed by atoms with Crippen molar-refractivity contribution in [3.63, 3.8) is 0 Å². The Bertz CT molecular complexity index is 2140. The number of methoxy groups -OCH3 is 1. The molecule has 0 spiro atoms. The van der Waals surface area contributed by atoms with E-state index in [-0.39, 0.29) is 47.5 Å². The van der Waals surface area contributed by atoms with Gasteiger partial charge in [-0.3, -0.25) is 29.5 Å². The number of allylic oxidation sites excluding steroid dienone is 2. The van der Waals surface area contributed by atoms with Crippen molar-refractivity contribution in [3.05, 3.63) is 122 Å². The maximum atomic E-state index is 15.3. The molecular weight excluding hydrogens is 716 g/mol. The van der Waals surface area contributed by atoms with Crippen molar-refractivity contribution in [2.45, 2.75) is 30.7 Å². The second-order valence-corrected chi connectivity index (χ2v) is 15.1. The number of aromatic hydroxyl groups is 1. The summed E-state index contributed by atoms with van der Waals surface area (Å²) in [4.78, 5) is 60.3. The van der Waals surface area contributed by atoms with Crippen LogP contribution in [0.5, 0.6) is 11.5 Å². The van der Waals surface area contributed by atoms with Gasteiger partial charge in [0.15, 0.2) is 11.6 Å². The van der Waals surface area contributed by atoms with Gasteiger partial charge in [-0.15, -0.1) is 11.3 Å². The van der Waals surface area contributed by atoms with Gasteiger partial charge < -0.3 is 9.84 Å². The van der Waals surface area contributed by atoms with Crippen molar-refractivity contribution < 1.29 is 33.4 Å². The van der Waals surface area contributed by atoms with Crippen LogP contribution in [0.15, 0.2) is 89.8 Å². The van der Waals surface area contributed by atoms with Crippen LogP contribution in [0.2, 0.25) is 10.0 Å². The molecule has 8 rings (SSSR count). The minimum Gasteiger partial charge on any atom is -0.505 e. The van der Waals surface area contributed by atoms with E-state index in [2.05, 4.69) is 5.43 Å². The van der Waals surface area contributed by atoms with Gasteiger partial charge in [-0.05, 0) is 72.2 Å². The third kappa shape index (κ3) is 5.00. The van der Waals surface area contributed by atoms with Gasteiger partial charge in [-0.1, -0.05) is 65.2 Å². The van der Waals surface area contributed by atoms with Crippen LogP contribution in [0, 0.1) is 29.5 Å². The molecule has 4 amide bonds. The first-order valence-corrected chi connectivity index (χ1v) is 18.0. The Hall–Kier alpha value is -4.71. The number of ether oxygens (including phenoxy) is 1. The first-order valence-electron chi connectivity index (χ1n) is 16.4. The maximum Gasteiger partial charge on any atom is 0.260 e. The van der Waals surface area contributed by atoms with Crippen molar-refractivity contribution in [2.75, 3.05) is 12.5 Å². The number of nitrogens with one attached hydrogen (secondary N) is 1. The third-order valence-corrected chi connectivity index (χ3v) is 12.3. The highest BCUT2D eigenvalue weighted by molar-refractivity contribution is 7.09. The van der Waals surface area contributed by atoms with Crippen molar-refractivity contribution in [3.8, 4) is 11.5 Å². The molecule has 3 aromatic carbocycles. The molecule has 260 valence electrons. The number of fused-ring (bicyclic) bond motifs is 4. The predicted molar refractivity (Wildman–Crippen MR) is 189 cm³/mol. The summed E-state index contributed by atoms with van der Waals surface area (Å²) in [7, 11) is 1.51. The number of rotatable bonds is 7. The number of hydrogen-bond donors (Lipinski definition) is 2. The molecule has 13 heteroatoms. The van der Waals surface area contributed by atoms with Crippen molar-refractivity contribution in [2.24, 2.45) is 23.7 Å². The molecular formula is C38H30Cl2FN3O6S. The fourth-order valence-electron chi connectivity index (χ4n) is 8.73. The summed E-state index contributed by atoms with van der Waals surface area (Å²) in [6.07, 6.45) is 2.09. The average Bonchev–Trinajstić information content (AvgIpc) is 3.79. The number of imide groups is 2. The molecule has 0 unspecified atom stereocenters. The Morgan fingerprint density at radius 1 is 0.980 bits per heavy atom. The van der Waals surface area contributed by atoms with Gasteiger partial charge in [0.05, 0.1) is 47.5 Å². The van der Waals surface area contributed by atoms with E-state index in [0.717, 1.165) is 16.0 Å². The monoisotopic (exact) mass is 745 g/mol. The molecule has 0 radical (unpaired) electrons. The van der Waals surface area contributed by atoms with Crippen LogP contribution in [0.25, 0.3) is 0 Å². The number of halogens is 3. The lowest BCUT2D eigenvalue weighted by molar-refractivity contribution is -0.141. The molecule has 2 N–H and O–H groups in total. The second-order valence-electron chi connectivity index (χ2n) is 13.2. The summed E-state index contributed by atoms with van der Waals surface area (Å²) < 4.78 is 20.7. The molecule has 4 aromatic rings. The molecule has 3 heterocycles. The molecule has 51 heavy (non-hydrogen) atoms. The number of amides is 4. The number of anilines is 1. The Kier molecular flexibility index (Phi) is 8.20. The molecule has 2 saturated heterocycles. The van der Waals surface area contributed by atoms with Crippen LogP contribution in [-0.4, -0.2) is 45.8 Å². The standard InChI is InChI=1S/C38H30Cl2FN3O6S/c1-50-21-10-7-19(8-11-21)38-27(35(47)44(37(38)49)42-30-14-9-20(39)16-28(30)40)17-26-23(32(38)25-5-2-6-29(41)33(25)45)12-13-24-31(26)36(48)43(34(24)46)18-22-4-3-15-51-22/h2-12,14-16,24,26-27,31-32,42,45H,13,17-18H2,1H3/t24-,26+,27-,31-,32+,38+/m0/s1. The lowest BCUT2D eigenvalue weighted by atomic mass is 9.49. The van der Waals surface area contributed by atoms with Crippen LogP contribution >= 0.6 is 34.5 Å². The Morgan fingerprint density at radius 2 is 1.76 bits per heavy atom. The number of hydrogen-bond acceptors (Lipinski definition) is 8. The zero-order valence-corrected chi connectivity index (χ0v) is 29.3. The van der Waals surface area contributed by atoms with Gasteiger partial charge in [-0.25, -0.2) is 4.39 Å².